The van der Waals surface area contributed by atoms with Gasteiger partial charge in [0.15, 0.2) is 5.82 Å². The lowest BCUT2D eigenvalue weighted by atomic mass is 10.3. The predicted octanol–water partition coefficient (Wildman–Crippen LogP) is 2.08. The largest absolute Gasteiger partial charge is 0.326 e. The zero-order valence-corrected chi connectivity index (χ0v) is 10.6. The molecule has 18 heavy (non-hydrogen) atoms. The summed E-state index contributed by atoms with van der Waals surface area (Å²) in [4.78, 5) is 15.8. The summed E-state index contributed by atoms with van der Waals surface area (Å²) in [6.07, 6.45) is 1.69. The number of rotatable bonds is 2. The van der Waals surface area contributed by atoms with Gasteiger partial charge in [-0.25, -0.2) is 9.78 Å². The summed E-state index contributed by atoms with van der Waals surface area (Å²) in [7, 11) is 1.82. The highest BCUT2D eigenvalue weighted by Crippen LogP contribution is 2.08. The number of carbonyl (C=O) groups excluding carboxylic acids is 1. The number of anilines is 2. The molecule has 2 amide bonds. The minimum Gasteiger partial charge on any atom is -0.292 e. The quantitative estimate of drug-likeness (QED) is 0.850. The van der Waals surface area contributed by atoms with Gasteiger partial charge in [0.05, 0.1) is 0 Å². The van der Waals surface area contributed by atoms with Crippen LogP contribution in [0.1, 0.15) is 11.3 Å². The summed E-state index contributed by atoms with van der Waals surface area (Å²) >= 11 is 0. The fourth-order valence-corrected chi connectivity index (χ4v) is 1.43. The molecule has 0 aromatic carbocycles. The van der Waals surface area contributed by atoms with Crippen molar-refractivity contribution in [3.63, 3.8) is 0 Å². The molecule has 0 aliphatic carbocycles. The third-order valence-corrected chi connectivity index (χ3v) is 2.51. The smallest absolute Gasteiger partial charge is 0.292 e. The second kappa shape index (κ2) is 4.87. The van der Waals surface area contributed by atoms with Crippen molar-refractivity contribution >= 4 is 17.7 Å². The van der Waals surface area contributed by atoms with Gasteiger partial charge in [0.25, 0.3) is 0 Å². The lowest BCUT2D eigenvalue weighted by Crippen LogP contribution is -2.20. The van der Waals surface area contributed by atoms with Crippen LogP contribution < -0.4 is 10.6 Å². The van der Waals surface area contributed by atoms with E-state index in [2.05, 4.69) is 20.7 Å². The predicted molar refractivity (Wildman–Crippen MR) is 69.6 cm³/mol. The van der Waals surface area contributed by atoms with Crippen LogP contribution in [0.3, 0.4) is 0 Å². The Labute approximate surface area is 105 Å². The van der Waals surface area contributed by atoms with Crippen molar-refractivity contribution < 1.29 is 4.79 Å². The molecular formula is C12H15N5O. The van der Waals surface area contributed by atoms with Gasteiger partial charge in [0, 0.05) is 25.0 Å². The molecular weight excluding hydrogens is 230 g/mol. The van der Waals surface area contributed by atoms with Gasteiger partial charge >= 0.3 is 6.03 Å². The fraction of sp³-hybridized carbons (Fsp3) is 0.250. The molecule has 0 aliphatic heterocycles. The highest BCUT2D eigenvalue weighted by atomic mass is 16.2. The zero-order valence-electron chi connectivity index (χ0n) is 10.6. The number of carbonyl (C=O) groups is 1. The van der Waals surface area contributed by atoms with Crippen LogP contribution >= 0.6 is 0 Å². The lowest BCUT2D eigenvalue weighted by molar-refractivity contribution is 0.262. The highest BCUT2D eigenvalue weighted by Gasteiger charge is 2.06. The molecule has 6 nitrogen and oxygen atoms in total. The molecule has 0 unspecified atom stereocenters. The van der Waals surface area contributed by atoms with Crippen molar-refractivity contribution in [3.05, 3.63) is 35.7 Å². The Balaban J connectivity index is 1.98. The normalized spacial score (nSPS) is 10.2. The Morgan fingerprint density at radius 2 is 1.94 bits per heavy atom. The number of nitrogens with zero attached hydrogens (tertiary/aromatic N) is 3. The van der Waals surface area contributed by atoms with Crippen molar-refractivity contribution in [1.29, 1.82) is 0 Å². The van der Waals surface area contributed by atoms with Gasteiger partial charge < -0.3 is 0 Å². The third kappa shape index (κ3) is 2.85. The molecule has 2 rings (SSSR count). The maximum atomic E-state index is 11.7. The monoisotopic (exact) mass is 245 g/mol. The maximum Gasteiger partial charge on any atom is 0.326 e. The van der Waals surface area contributed by atoms with Crippen LogP contribution in [0.5, 0.6) is 0 Å². The van der Waals surface area contributed by atoms with Crippen LogP contribution in [-0.4, -0.2) is 20.8 Å². The molecule has 0 spiro atoms. The van der Waals surface area contributed by atoms with Gasteiger partial charge in [-0.05, 0) is 25.5 Å². The van der Waals surface area contributed by atoms with Crippen molar-refractivity contribution in [3.8, 4) is 0 Å². The van der Waals surface area contributed by atoms with E-state index in [4.69, 9.17) is 0 Å². The molecule has 2 aromatic heterocycles. The van der Waals surface area contributed by atoms with Gasteiger partial charge in [-0.3, -0.25) is 15.3 Å². The average molecular weight is 245 g/mol. The Morgan fingerprint density at radius 3 is 2.50 bits per heavy atom. The average Bonchev–Trinajstić information content (AvgIpc) is 2.61. The summed E-state index contributed by atoms with van der Waals surface area (Å²) in [5, 5.41) is 9.41. The first-order chi connectivity index (χ1) is 8.54. The Kier molecular flexibility index (Phi) is 3.27. The first-order valence-corrected chi connectivity index (χ1v) is 5.56. The van der Waals surface area contributed by atoms with E-state index in [1.807, 2.05) is 27.0 Å². The van der Waals surface area contributed by atoms with E-state index >= 15 is 0 Å². The van der Waals surface area contributed by atoms with E-state index in [9.17, 15) is 4.79 Å². The first kappa shape index (κ1) is 12.1. The van der Waals surface area contributed by atoms with Crippen molar-refractivity contribution in [2.24, 2.45) is 7.05 Å². The topological polar surface area (TPSA) is 71.8 Å². The Hall–Kier alpha value is -2.37. The number of urea groups is 1. The number of amides is 2. The molecule has 2 N–H and O–H groups in total. The summed E-state index contributed by atoms with van der Waals surface area (Å²) in [6.45, 7) is 3.85. The van der Waals surface area contributed by atoms with E-state index in [0.717, 1.165) is 11.3 Å². The number of hydrogen-bond donors (Lipinski definition) is 2. The number of hydrogen-bond acceptors (Lipinski definition) is 3. The fourth-order valence-electron chi connectivity index (χ4n) is 1.43. The molecule has 94 valence electrons. The second-order valence-corrected chi connectivity index (χ2v) is 4.09. The molecule has 0 atom stereocenters. The van der Waals surface area contributed by atoms with Crippen LogP contribution in [0.15, 0.2) is 24.4 Å². The first-order valence-electron chi connectivity index (χ1n) is 5.56. The van der Waals surface area contributed by atoms with Gasteiger partial charge in [0.2, 0.25) is 0 Å². The maximum absolute atomic E-state index is 11.7. The van der Waals surface area contributed by atoms with E-state index in [1.54, 1.807) is 23.0 Å². The van der Waals surface area contributed by atoms with E-state index in [0.29, 0.717) is 11.6 Å². The molecule has 0 fully saturated rings. The minimum absolute atomic E-state index is 0.357. The van der Waals surface area contributed by atoms with Crippen molar-refractivity contribution in [1.82, 2.24) is 14.8 Å². The number of pyridine rings is 1. The molecule has 2 heterocycles. The van der Waals surface area contributed by atoms with E-state index < -0.39 is 0 Å². The van der Waals surface area contributed by atoms with Gasteiger partial charge in [-0.1, -0.05) is 6.07 Å². The summed E-state index contributed by atoms with van der Waals surface area (Å²) in [5.41, 5.74) is 2.01. The number of aromatic nitrogens is 3. The molecule has 2 aromatic rings. The van der Waals surface area contributed by atoms with Gasteiger partial charge in [-0.15, -0.1) is 0 Å². The van der Waals surface area contributed by atoms with E-state index in [1.165, 1.54) is 0 Å². The second-order valence-electron chi connectivity index (χ2n) is 4.09. The molecule has 0 saturated carbocycles. The van der Waals surface area contributed by atoms with E-state index in [-0.39, 0.29) is 6.03 Å². The number of aryl methyl sites for hydroxylation is 3. The zero-order chi connectivity index (χ0) is 13.1. The number of nitrogens with one attached hydrogen (secondary N) is 2. The van der Waals surface area contributed by atoms with Gasteiger partial charge in [-0.2, -0.15) is 5.10 Å². The van der Waals surface area contributed by atoms with Crippen molar-refractivity contribution in [2.75, 3.05) is 10.6 Å². The molecule has 0 aliphatic rings. The molecule has 0 radical (unpaired) electrons. The standard InChI is InChI=1S/C12H15N5O/c1-8-4-5-10(13-7-8)14-12(18)15-11-6-9(2)17(3)16-11/h4-7H,1-3H3,(H2,13,14,15,16,18). The summed E-state index contributed by atoms with van der Waals surface area (Å²) in [6, 6.07) is 5.07. The highest BCUT2D eigenvalue weighted by molar-refractivity contribution is 5.98. The molecule has 0 bridgehead atoms. The Morgan fingerprint density at radius 1 is 1.22 bits per heavy atom. The van der Waals surface area contributed by atoms with Crippen LogP contribution in [0, 0.1) is 13.8 Å². The van der Waals surface area contributed by atoms with Crippen molar-refractivity contribution in [2.45, 2.75) is 13.8 Å². The summed E-state index contributed by atoms with van der Waals surface area (Å²) in [5.74, 6) is 1.02. The Bertz CT molecular complexity index is 539. The SMILES string of the molecule is Cc1ccc(NC(=O)Nc2cc(C)n(C)n2)nc1. The van der Waals surface area contributed by atoms with Crippen LogP contribution in [0.4, 0.5) is 16.4 Å². The molecule has 0 saturated heterocycles. The lowest BCUT2D eigenvalue weighted by Gasteiger charge is -2.04. The van der Waals surface area contributed by atoms with Crippen LogP contribution in [0.25, 0.3) is 0 Å². The summed E-state index contributed by atoms with van der Waals surface area (Å²) < 4.78 is 1.69. The minimum atomic E-state index is -0.357. The van der Waals surface area contributed by atoms with Crippen LogP contribution in [-0.2, 0) is 7.05 Å². The van der Waals surface area contributed by atoms with Gasteiger partial charge in [0.1, 0.15) is 5.82 Å². The molecule has 6 heteroatoms. The van der Waals surface area contributed by atoms with Crippen LogP contribution in [0.2, 0.25) is 0 Å². The third-order valence-electron chi connectivity index (χ3n) is 2.51.